The number of hydrogen-bond acceptors (Lipinski definition) is 7. The zero-order chi connectivity index (χ0) is 30.9. The SMILES string of the molecule is Cn1cc(-c2cccnc2C(NC(=O)c2ccc3c(c2)CN([C@@H](CCC(=O)OC(C)(C)C)C(N)=O)C3=O)C2CCC2)cn1. The van der Waals surface area contributed by atoms with E-state index in [1.165, 1.54) is 4.90 Å². The summed E-state index contributed by atoms with van der Waals surface area (Å²) in [5.41, 5.74) is 9.07. The van der Waals surface area contributed by atoms with Crippen LogP contribution in [0.25, 0.3) is 11.1 Å². The standard InChI is InChI=1S/C32H38N6O5/c1-32(2,3)43-26(39)13-12-25(29(33)40)38-18-21-15-20(10-11-24(21)31(38)42)30(41)36-27(19-7-5-8-19)28-23(9-6-14-34-28)22-16-35-37(4)17-22/h6,9-11,14-17,19,25,27H,5,7-8,12-13,18H2,1-4H3,(H2,33,40)(H,36,41)/t25-,27?/m0/s1. The van der Waals surface area contributed by atoms with Gasteiger partial charge in [-0.2, -0.15) is 5.10 Å². The number of benzene rings is 1. The van der Waals surface area contributed by atoms with E-state index in [1.807, 2.05) is 25.4 Å². The summed E-state index contributed by atoms with van der Waals surface area (Å²) in [4.78, 5) is 57.6. The lowest BCUT2D eigenvalue weighted by molar-refractivity contribution is -0.155. The molecule has 1 fully saturated rings. The predicted octanol–water partition coefficient (Wildman–Crippen LogP) is 3.68. The fourth-order valence-electron chi connectivity index (χ4n) is 5.71. The maximum Gasteiger partial charge on any atom is 0.306 e. The Morgan fingerprint density at radius 3 is 2.56 bits per heavy atom. The minimum Gasteiger partial charge on any atom is -0.460 e. The Labute approximate surface area is 250 Å². The van der Waals surface area contributed by atoms with Crippen LogP contribution in [0.5, 0.6) is 0 Å². The molecule has 1 aliphatic heterocycles. The summed E-state index contributed by atoms with van der Waals surface area (Å²) in [6.45, 7) is 5.38. The van der Waals surface area contributed by atoms with E-state index in [0.717, 1.165) is 36.1 Å². The number of primary amides is 1. The average Bonchev–Trinajstić information content (AvgIpc) is 3.49. The highest BCUT2D eigenvalue weighted by Gasteiger charge is 2.37. The van der Waals surface area contributed by atoms with E-state index in [9.17, 15) is 19.2 Å². The smallest absolute Gasteiger partial charge is 0.306 e. The van der Waals surface area contributed by atoms with Gasteiger partial charge in [-0.15, -0.1) is 0 Å². The van der Waals surface area contributed by atoms with Crippen molar-refractivity contribution in [2.75, 3.05) is 0 Å². The van der Waals surface area contributed by atoms with Gasteiger partial charge in [-0.3, -0.25) is 28.8 Å². The molecule has 3 N–H and O–H groups in total. The molecule has 3 amide bonds. The summed E-state index contributed by atoms with van der Waals surface area (Å²) in [6, 6.07) is 7.50. The number of nitrogens with two attached hydrogens (primary N) is 1. The third-order valence-corrected chi connectivity index (χ3v) is 8.00. The van der Waals surface area contributed by atoms with Crippen LogP contribution < -0.4 is 11.1 Å². The Morgan fingerprint density at radius 1 is 1.16 bits per heavy atom. The molecule has 2 aromatic heterocycles. The molecule has 5 rings (SSSR count). The summed E-state index contributed by atoms with van der Waals surface area (Å²) in [5, 5.41) is 7.52. The van der Waals surface area contributed by atoms with Gasteiger partial charge in [0.05, 0.1) is 17.9 Å². The van der Waals surface area contributed by atoms with Crippen molar-refractivity contribution < 1.29 is 23.9 Å². The number of nitrogens with zero attached hydrogens (tertiary/aromatic N) is 4. The Balaban J connectivity index is 1.33. The molecule has 1 aliphatic carbocycles. The lowest BCUT2D eigenvalue weighted by atomic mass is 9.77. The number of hydrogen-bond donors (Lipinski definition) is 2. The molecule has 0 radical (unpaired) electrons. The normalized spacial score (nSPS) is 16.3. The van der Waals surface area contributed by atoms with Crippen LogP contribution in [0.3, 0.4) is 0 Å². The zero-order valence-electron chi connectivity index (χ0n) is 25.0. The largest absolute Gasteiger partial charge is 0.460 e. The van der Waals surface area contributed by atoms with E-state index >= 15 is 0 Å². The minimum atomic E-state index is -0.984. The lowest BCUT2D eigenvalue weighted by Gasteiger charge is -2.34. The molecule has 1 aromatic carbocycles. The topological polar surface area (TPSA) is 150 Å². The molecule has 0 bridgehead atoms. The van der Waals surface area contributed by atoms with Crippen LogP contribution in [0.4, 0.5) is 0 Å². The van der Waals surface area contributed by atoms with Crippen molar-refractivity contribution in [2.45, 2.75) is 77.1 Å². The number of rotatable bonds is 10. The number of pyridine rings is 1. The first kappa shape index (κ1) is 29.9. The van der Waals surface area contributed by atoms with Crippen molar-refractivity contribution in [3.05, 3.63) is 71.3 Å². The molecule has 0 spiro atoms. The quantitative estimate of drug-likeness (QED) is 0.344. The third-order valence-electron chi connectivity index (χ3n) is 8.00. The van der Waals surface area contributed by atoms with Gasteiger partial charge >= 0.3 is 5.97 Å². The van der Waals surface area contributed by atoms with E-state index in [2.05, 4.69) is 10.4 Å². The van der Waals surface area contributed by atoms with Crippen molar-refractivity contribution in [3.8, 4) is 11.1 Å². The molecule has 226 valence electrons. The highest BCUT2D eigenvalue weighted by atomic mass is 16.6. The number of ether oxygens (including phenoxy) is 1. The minimum absolute atomic E-state index is 0.0454. The zero-order valence-corrected chi connectivity index (χ0v) is 25.0. The molecular weight excluding hydrogens is 548 g/mol. The fourth-order valence-corrected chi connectivity index (χ4v) is 5.71. The number of esters is 1. The highest BCUT2D eigenvalue weighted by Crippen LogP contribution is 2.40. The van der Waals surface area contributed by atoms with Gasteiger partial charge in [-0.1, -0.05) is 12.5 Å². The summed E-state index contributed by atoms with van der Waals surface area (Å²) < 4.78 is 7.07. The lowest BCUT2D eigenvalue weighted by Crippen LogP contribution is -2.45. The van der Waals surface area contributed by atoms with Crippen molar-refractivity contribution in [2.24, 2.45) is 18.7 Å². The molecule has 3 aromatic rings. The maximum absolute atomic E-state index is 13.6. The number of amides is 3. The van der Waals surface area contributed by atoms with Crippen LogP contribution in [-0.4, -0.2) is 55.0 Å². The molecule has 43 heavy (non-hydrogen) atoms. The molecule has 2 aliphatic rings. The molecule has 2 atom stereocenters. The number of carbonyl (C=O) groups is 4. The van der Waals surface area contributed by atoms with E-state index in [0.29, 0.717) is 16.7 Å². The molecule has 1 saturated carbocycles. The maximum atomic E-state index is 13.6. The van der Waals surface area contributed by atoms with Gasteiger partial charge in [0.2, 0.25) is 5.91 Å². The summed E-state index contributed by atoms with van der Waals surface area (Å²) >= 11 is 0. The Hall–Kier alpha value is -4.54. The monoisotopic (exact) mass is 586 g/mol. The van der Waals surface area contributed by atoms with Crippen molar-refractivity contribution >= 4 is 23.7 Å². The number of fused-ring (bicyclic) bond motifs is 1. The van der Waals surface area contributed by atoms with Gasteiger partial charge in [0.15, 0.2) is 0 Å². The first-order valence-electron chi connectivity index (χ1n) is 14.6. The van der Waals surface area contributed by atoms with Crippen molar-refractivity contribution in [3.63, 3.8) is 0 Å². The Bertz CT molecular complexity index is 1550. The van der Waals surface area contributed by atoms with E-state index in [1.54, 1.807) is 56.0 Å². The molecule has 11 heteroatoms. The number of aromatic nitrogens is 3. The van der Waals surface area contributed by atoms with Gasteiger partial charge in [0, 0.05) is 54.7 Å². The molecule has 0 saturated heterocycles. The van der Waals surface area contributed by atoms with Crippen LogP contribution in [0.15, 0.2) is 48.9 Å². The van der Waals surface area contributed by atoms with Gasteiger partial charge in [0.1, 0.15) is 11.6 Å². The molecule has 3 heterocycles. The Kier molecular flexibility index (Phi) is 8.34. The van der Waals surface area contributed by atoms with E-state index in [4.69, 9.17) is 15.5 Å². The molecule has 11 nitrogen and oxygen atoms in total. The van der Waals surface area contributed by atoms with Crippen LogP contribution in [0.1, 0.15) is 90.9 Å². The summed E-state index contributed by atoms with van der Waals surface area (Å²) in [5.74, 6) is -1.56. The second-order valence-corrected chi connectivity index (χ2v) is 12.3. The average molecular weight is 587 g/mol. The second kappa shape index (κ2) is 12.0. The van der Waals surface area contributed by atoms with Crippen LogP contribution >= 0.6 is 0 Å². The predicted molar refractivity (Wildman–Crippen MR) is 158 cm³/mol. The molecule has 1 unspecified atom stereocenters. The second-order valence-electron chi connectivity index (χ2n) is 12.3. The first-order valence-corrected chi connectivity index (χ1v) is 14.6. The summed E-state index contributed by atoms with van der Waals surface area (Å²) in [6.07, 6.45) is 8.50. The van der Waals surface area contributed by atoms with E-state index in [-0.39, 0.29) is 43.2 Å². The van der Waals surface area contributed by atoms with Gasteiger partial charge < -0.3 is 20.7 Å². The van der Waals surface area contributed by atoms with Crippen molar-refractivity contribution in [1.82, 2.24) is 25.0 Å². The first-order chi connectivity index (χ1) is 20.4. The van der Waals surface area contributed by atoms with Crippen LogP contribution in [0.2, 0.25) is 0 Å². The number of aryl methyl sites for hydroxylation is 1. The van der Waals surface area contributed by atoms with Gasteiger partial charge in [0.25, 0.3) is 11.8 Å². The third kappa shape index (κ3) is 6.60. The van der Waals surface area contributed by atoms with E-state index < -0.39 is 23.5 Å². The summed E-state index contributed by atoms with van der Waals surface area (Å²) in [7, 11) is 1.86. The van der Waals surface area contributed by atoms with Crippen molar-refractivity contribution in [1.29, 1.82) is 0 Å². The highest BCUT2D eigenvalue weighted by molar-refractivity contribution is 6.03. The fraction of sp³-hybridized carbons (Fsp3) is 0.438. The van der Waals surface area contributed by atoms with Crippen LogP contribution in [0, 0.1) is 5.92 Å². The Morgan fingerprint density at radius 2 is 1.93 bits per heavy atom. The van der Waals surface area contributed by atoms with Gasteiger partial charge in [-0.25, -0.2) is 0 Å². The number of carbonyl (C=O) groups excluding carboxylic acids is 4. The molecular formula is C32H38N6O5. The van der Waals surface area contributed by atoms with Crippen LogP contribution in [-0.2, 0) is 27.9 Å². The number of nitrogens with one attached hydrogen (secondary N) is 1. The van der Waals surface area contributed by atoms with Gasteiger partial charge in [-0.05, 0) is 75.8 Å².